The van der Waals surface area contributed by atoms with Gasteiger partial charge in [0.25, 0.3) is 16.2 Å². The highest BCUT2D eigenvalue weighted by atomic mass is 32.1. The first-order valence-electron chi connectivity index (χ1n) is 9.76. The van der Waals surface area contributed by atoms with Crippen LogP contribution in [-0.2, 0) is 27.2 Å². The summed E-state index contributed by atoms with van der Waals surface area (Å²) in [6.07, 6.45) is 4.94. The lowest BCUT2D eigenvalue weighted by Gasteiger charge is -2.23. The summed E-state index contributed by atoms with van der Waals surface area (Å²) in [5, 5.41) is 2.87. The van der Waals surface area contributed by atoms with Crippen LogP contribution in [0, 0.1) is 20.8 Å². The number of H-pyrrole nitrogens is 1. The molecule has 0 radical (unpaired) electrons. The van der Waals surface area contributed by atoms with E-state index in [0.717, 1.165) is 54.5 Å². The summed E-state index contributed by atoms with van der Waals surface area (Å²) in [4.78, 5) is 27.8. The second kappa shape index (κ2) is 8.35. The maximum Gasteiger partial charge on any atom is 0.470 e. The van der Waals surface area contributed by atoms with Crippen molar-refractivity contribution in [3.8, 4) is 0 Å². The number of benzene rings is 1. The molecule has 28 heavy (non-hydrogen) atoms. The van der Waals surface area contributed by atoms with Gasteiger partial charge >= 0.3 is 11.7 Å². The Bertz CT molecular complexity index is 959. The SMILES string of the molecule is Cc1cc(C)c(CNC(=O)c2cc(C3([S+]=O)CCCCC3)ccc2C)c(=O)[nH]1. The number of aromatic amines is 1. The fraction of sp³-hybridized carbons (Fsp3) is 0.455. The molecular weight excluding hydrogens is 372 g/mol. The molecule has 1 heterocycles. The molecule has 2 N–H and O–H groups in total. The van der Waals surface area contributed by atoms with Crippen LogP contribution < -0.4 is 10.9 Å². The number of aromatic nitrogens is 1. The minimum Gasteiger partial charge on any atom is -0.348 e. The predicted octanol–water partition coefficient (Wildman–Crippen LogP) is 3.82. The van der Waals surface area contributed by atoms with Gasteiger partial charge in [0.1, 0.15) is 0 Å². The van der Waals surface area contributed by atoms with Crippen molar-refractivity contribution in [2.24, 2.45) is 0 Å². The third kappa shape index (κ3) is 4.07. The van der Waals surface area contributed by atoms with Crippen molar-refractivity contribution in [2.75, 3.05) is 0 Å². The van der Waals surface area contributed by atoms with Gasteiger partial charge in [-0.2, -0.15) is 0 Å². The van der Waals surface area contributed by atoms with E-state index in [1.54, 1.807) is 0 Å². The van der Waals surface area contributed by atoms with Crippen LogP contribution in [0.5, 0.6) is 0 Å². The molecule has 0 bridgehead atoms. The second-order valence-electron chi connectivity index (χ2n) is 7.79. The molecule has 1 amide bonds. The fourth-order valence-corrected chi connectivity index (χ4v) is 4.74. The van der Waals surface area contributed by atoms with Crippen molar-refractivity contribution in [2.45, 2.75) is 64.2 Å². The van der Waals surface area contributed by atoms with E-state index in [-0.39, 0.29) is 18.0 Å². The van der Waals surface area contributed by atoms with Crippen LogP contribution in [0.15, 0.2) is 29.1 Å². The zero-order valence-electron chi connectivity index (χ0n) is 16.7. The Hall–Kier alpha value is -2.34. The summed E-state index contributed by atoms with van der Waals surface area (Å²) in [6.45, 7) is 5.76. The van der Waals surface area contributed by atoms with Crippen molar-refractivity contribution < 1.29 is 9.00 Å². The van der Waals surface area contributed by atoms with Crippen molar-refractivity contribution >= 4 is 17.6 Å². The van der Waals surface area contributed by atoms with Crippen LogP contribution in [0.1, 0.15) is 70.4 Å². The lowest BCUT2D eigenvalue weighted by Crippen LogP contribution is -2.30. The monoisotopic (exact) mass is 399 g/mol. The molecule has 1 aromatic carbocycles. The van der Waals surface area contributed by atoms with Crippen LogP contribution in [-0.4, -0.2) is 10.9 Å². The predicted molar refractivity (Wildman–Crippen MR) is 112 cm³/mol. The number of nitrogens with one attached hydrogen (secondary N) is 2. The molecule has 2 aromatic rings. The Balaban J connectivity index is 1.84. The Labute approximate surface area is 169 Å². The molecule has 1 saturated carbocycles. The summed E-state index contributed by atoms with van der Waals surface area (Å²) in [5.41, 5.74) is 4.41. The molecule has 1 aliphatic carbocycles. The number of aryl methyl sites for hydroxylation is 3. The van der Waals surface area contributed by atoms with E-state index >= 15 is 0 Å². The zero-order valence-corrected chi connectivity index (χ0v) is 17.5. The van der Waals surface area contributed by atoms with E-state index in [1.165, 1.54) is 0 Å². The largest absolute Gasteiger partial charge is 0.470 e. The summed E-state index contributed by atoms with van der Waals surface area (Å²) in [7, 11) is 0. The topological polar surface area (TPSA) is 79.0 Å². The van der Waals surface area contributed by atoms with E-state index in [9.17, 15) is 13.8 Å². The first kappa shape index (κ1) is 20.4. The highest BCUT2D eigenvalue weighted by Gasteiger charge is 2.47. The second-order valence-corrected chi connectivity index (χ2v) is 8.74. The number of carbonyl (C=O) groups excluding carboxylic acids is 1. The molecule has 6 heteroatoms. The Morgan fingerprint density at radius 2 is 1.82 bits per heavy atom. The van der Waals surface area contributed by atoms with Crippen molar-refractivity contribution in [3.05, 3.63) is 68.1 Å². The number of rotatable bonds is 5. The molecule has 0 unspecified atom stereocenters. The fourth-order valence-electron chi connectivity index (χ4n) is 4.06. The van der Waals surface area contributed by atoms with Gasteiger partial charge < -0.3 is 10.3 Å². The number of amides is 1. The standard InChI is InChI=1S/C22H26N2O3S/c1-14-7-8-17(22(28-27)9-5-4-6-10-22)12-18(14)20(25)23-13-19-15(2)11-16(3)24-21(19)26/h7-8,11-12H,4-6,9-10,13H2,1-3H3,(H-,23,24,25,26)/p+1. The van der Waals surface area contributed by atoms with Crippen molar-refractivity contribution in [1.29, 1.82) is 0 Å². The highest BCUT2D eigenvalue weighted by molar-refractivity contribution is 7.66. The number of hydrogen-bond donors (Lipinski definition) is 2. The van der Waals surface area contributed by atoms with Crippen LogP contribution in [0.4, 0.5) is 0 Å². The summed E-state index contributed by atoms with van der Waals surface area (Å²) < 4.78 is 11.5. The molecule has 148 valence electrons. The summed E-state index contributed by atoms with van der Waals surface area (Å²) >= 11 is 0.661. The smallest absolute Gasteiger partial charge is 0.348 e. The van der Waals surface area contributed by atoms with E-state index in [4.69, 9.17) is 0 Å². The van der Waals surface area contributed by atoms with Gasteiger partial charge in [-0.1, -0.05) is 18.6 Å². The van der Waals surface area contributed by atoms with E-state index in [1.807, 2.05) is 45.0 Å². The van der Waals surface area contributed by atoms with Gasteiger partial charge in [-0.25, -0.2) is 0 Å². The van der Waals surface area contributed by atoms with Crippen molar-refractivity contribution in [3.63, 3.8) is 0 Å². The first-order chi connectivity index (χ1) is 13.4. The maximum absolute atomic E-state index is 12.8. The average Bonchev–Trinajstić information content (AvgIpc) is 2.67. The number of pyridine rings is 1. The molecule has 5 nitrogen and oxygen atoms in total. The van der Waals surface area contributed by atoms with Crippen LogP contribution in [0.25, 0.3) is 0 Å². The van der Waals surface area contributed by atoms with Gasteiger partial charge in [0, 0.05) is 46.0 Å². The Kier molecular flexibility index (Phi) is 6.08. The molecule has 3 rings (SSSR count). The van der Waals surface area contributed by atoms with Crippen molar-refractivity contribution in [1.82, 2.24) is 10.3 Å². The molecule has 0 saturated heterocycles. The van der Waals surface area contributed by atoms with Gasteiger partial charge in [-0.05, 0) is 56.9 Å². The third-order valence-electron chi connectivity index (χ3n) is 5.75. The van der Waals surface area contributed by atoms with Crippen LogP contribution >= 0.6 is 0 Å². The minimum absolute atomic E-state index is 0.172. The summed E-state index contributed by atoms with van der Waals surface area (Å²) in [6, 6.07) is 7.66. The molecule has 0 atom stereocenters. The highest BCUT2D eigenvalue weighted by Crippen LogP contribution is 2.39. The van der Waals surface area contributed by atoms with E-state index in [0.29, 0.717) is 22.8 Å². The Morgan fingerprint density at radius 1 is 1.11 bits per heavy atom. The normalized spacial score (nSPS) is 15.8. The molecule has 0 spiro atoms. The summed E-state index contributed by atoms with van der Waals surface area (Å²) in [5.74, 6) is -0.222. The average molecular weight is 400 g/mol. The zero-order chi connectivity index (χ0) is 20.3. The van der Waals surface area contributed by atoms with Crippen LogP contribution in [0.2, 0.25) is 0 Å². The lowest BCUT2D eigenvalue weighted by molar-refractivity contribution is 0.0950. The number of hydrogen-bond acceptors (Lipinski definition) is 3. The quantitative estimate of drug-likeness (QED) is 0.750. The van der Waals surface area contributed by atoms with Gasteiger partial charge in [-0.3, -0.25) is 9.59 Å². The molecular formula is C22H27N2O3S+. The Morgan fingerprint density at radius 3 is 2.46 bits per heavy atom. The van der Waals surface area contributed by atoms with Gasteiger partial charge in [0.15, 0.2) is 0 Å². The molecule has 0 aliphatic heterocycles. The molecule has 1 aromatic heterocycles. The van der Waals surface area contributed by atoms with E-state index in [2.05, 4.69) is 10.3 Å². The minimum atomic E-state index is -0.439. The van der Waals surface area contributed by atoms with E-state index < -0.39 is 4.75 Å². The third-order valence-corrected chi connectivity index (χ3v) is 6.71. The lowest BCUT2D eigenvalue weighted by atomic mass is 9.82. The van der Waals surface area contributed by atoms with Gasteiger partial charge in [-0.15, -0.1) is 0 Å². The van der Waals surface area contributed by atoms with Gasteiger partial charge in [0.2, 0.25) is 0 Å². The van der Waals surface area contributed by atoms with Crippen LogP contribution in [0.3, 0.4) is 0 Å². The molecule has 1 fully saturated rings. The first-order valence-corrected chi connectivity index (χ1v) is 10.5. The maximum atomic E-state index is 12.8. The molecule has 1 aliphatic rings. The van der Waals surface area contributed by atoms with Gasteiger partial charge in [0.05, 0.1) is 0 Å². The number of carbonyl (C=O) groups is 1.